The van der Waals surface area contributed by atoms with Crippen LogP contribution in [-0.4, -0.2) is 4.98 Å². The van der Waals surface area contributed by atoms with Gasteiger partial charge >= 0.3 is 0 Å². The van der Waals surface area contributed by atoms with E-state index in [-0.39, 0.29) is 20.1 Å². The fraction of sp³-hybridized carbons (Fsp3) is 0.167. The molecule has 0 fully saturated rings. The van der Waals surface area contributed by atoms with Gasteiger partial charge in [-0.2, -0.15) is 0 Å². The van der Waals surface area contributed by atoms with E-state index in [1.54, 1.807) is 22.6 Å². The van der Waals surface area contributed by atoms with Crippen LogP contribution in [0.2, 0.25) is 5.15 Å². The van der Waals surface area contributed by atoms with Crippen LogP contribution in [0.25, 0.3) is 0 Å². The Morgan fingerprint density at radius 3 is 2.67 bits per heavy atom. The summed E-state index contributed by atoms with van der Waals surface area (Å²) in [5.41, 5.74) is 5.15. The lowest BCUT2D eigenvalue weighted by molar-refractivity contribution is 0.150. The van der Waals surface area contributed by atoms with Crippen molar-refractivity contribution in [3.8, 4) is 0 Å². The number of nitrogens with two attached hydrogens (primary N) is 1. The van der Waals surface area contributed by atoms with Crippen molar-refractivity contribution >= 4 is 40.0 Å². The number of nitrogens with zero attached hydrogens (tertiary/aromatic N) is 1. The van der Waals surface area contributed by atoms with Gasteiger partial charge in [-0.15, -0.1) is 0 Å². The summed E-state index contributed by atoms with van der Waals surface area (Å²) < 4.78 is 24.7. The zero-order valence-electron chi connectivity index (χ0n) is 5.69. The zero-order valence-corrected chi connectivity index (χ0v) is 8.60. The summed E-state index contributed by atoms with van der Waals surface area (Å²) >= 11 is 7.15. The highest BCUT2D eigenvalue weighted by molar-refractivity contribution is 14.1. The van der Waals surface area contributed by atoms with Gasteiger partial charge in [-0.3, -0.25) is 0 Å². The Balaban J connectivity index is 3.28. The Bertz CT molecular complexity index is 306. The number of alkyl halides is 2. The Kier molecular flexibility index (Phi) is 3.05. The standard InChI is InChI=1S/C6H4ClF2IN2/c7-3-1-2(5(8)9)4(10)6(11)12-3/h1,5H,(H2,11,12). The number of nitrogen functional groups attached to an aromatic ring is 1. The molecule has 0 amide bonds. The third-order valence-electron chi connectivity index (χ3n) is 1.22. The first-order valence-corrected chi connectivity index (χ1v) is 4.37. The predicted molar refractivity (Wildman–Crippen MR) is 51.3 cm³/mol. The molecule has 1 rings (SSSR count). The number of aromatic nitrogens is 1. The molecular formula is C6H4ClF2IN2. The summed E-state index contributed by atoms with van der Waals surface area (Å²) in [6.07, 6.45) is -2.57. The average Bonchev–Trinajstić information content (AvgIpc) is 1.96. The SMILES string of the molecule is Nc1nc(Cl)cc(C(F)F)c1I. The summed E-state index contributed by atoms with van der Waals surface area (Å²) in [5.74, 6) is 0.0402. The minimum absolute atomic E-state index is 0.0109. The number of anilines is 1. The number of hydrogen-bond acceptors (Lipinski definition) is 2. The molecule has 0 saturated heterocycles. The second kappa shape index (κ2) is 3.69. The predicted octanol–water partition coefficient (Wildman–Crippen LogP) is 2.86. The molecule has 0 radical (unpaired) electrons. The lowest BCUT2D eigenvalue weighted by atomic mass is 10.3. The van der Waals surface area contributed by atoms with Gasteiger partial charge in [0.05, 0.1) is 3.57 Å². The largest absolute Gasteiger partial charge is 0.383 e. The van der Waals surface area contributed by atoms with Crippen molar-refractivity contribution < 1.29 is 8.78 Å². The minimum Gasteiger partial charge on any atom is -0.383 e. The highest BCUT2D eigenvalue weighted by Gasteiger charge is 2.15. The molecular weight excluding hydrogens is 300 g/mol. The zero-order chi connectivity index (χ0) is 9.30. The molecule has 1 heterocycles. The van der Waals surface area contributed by atoms with Crippen molar-refractivity contribution in [1.82, 2.24) is 4.98 Å². The van der Waals surface area contributed by atoms with E-state index in [2.05, 4.69) is 4.98 Å². The number of rotatable bonds is 1. The summed E-state index contributed by atoms with van der Waals surface area (Å²) in [7, 11) is 0. The molecule has 2 nitrogen and oxygen atoms in total. The highest BCUT2D eigenvalue weighted by atomic mass is 127. The Morgan fingerprint density at radius 2 is 2.17 bits per heavy atom. The van der Waals surface area contributed by atoms with Crippen LogP contribution in [0.15, 0.2) is 6.07 Å². The first-order valence-electron chi connectivity index (χ1n) is 2.92. The number of pyridine rings is 1. The molecule has 0 atom stereocenters. The quantitative estimate of drug-likeness (QED) is 0.640. The van der Waals surface area contributed by atoms with Crippen molar-refractivity contribution in [2.75, 3.05) is 5.73 Å². The molecule has 0 aliphatic heterocycles. The van der Waals surface area contributed by atoms with Gasteiger partial charge in [-0.05, 0) is 28.7 Å². The molecule has 66 valence electrons. The molecule has 0 spiro atoms. The van der Waals surface area contributed by atoms with Gasteiger partial charge in [0.25, 0.3) is 6.43 Å². The van der Waals surface area contributed by atoms with Gasteiger partial charge in [0.1, 0.15) is 11.0 Å². The van der Waals surface area contributed by atoms with Crippen LogP contribution in [0, 0.1) is 3.57 Å². The number of halogens is 4. The van der Waals surface area contributed by atoms with Crippen LogP contribution in [-0.2, 0) is 0 Å². The van der Waals surface area contributed by atoms with Gasteiger partial charge in [0, 0.05) is 5.56 Å². The van der Waals surface area contributed by atoms with Gasteiger partial charge in [0.2, 0.25) is 0 Å². The fourth-order valence-electron chi connectivity index (χ4n) is 0.695. The molecule has 6 heteroatoms. The van der Waals surface area contributed by atoms with Gasteiger partial charge in [-0.1, -0.05) is 11.6 Å². The van der Waals surface area contributed by atoms with E-state index in [0.717, 1.165) is 6.07 Å². The normalized spacial score (nSPS) is 10.8. The summed E-state index contributed by atoms with van der Waals surface area (Å²) in [6, 6.07) is 1.12. The van der Waals surface area contributed by atoms with Crippen molar-refractivity contribution in [2.24, 2.45) is 0 Å². The maximum atomic E-state index is 12.2. The topological polar surface area (TPSA) is 38.9 Å². The molecule has 0 saturated carbocycles. The number of hydrogen-bond donors (Lipinski definition) is 1. The third-order valence-corrected chi connectivity index (χ3v) is 2.58. The monoisotopic (exact) mass is 304 g/mol. The van der Waals surface area contributed by atoms with E-state index >= 15 is 0 Å². The van der Waals surface area contributed by atoms with E-state index in [1.165, 1.54) is 0 Å². The molecule has 0 aliphatic rings. The molecule has 0 unspecified atom stereocenters. The van der Waals surface area contributed by atoms with Gasteiger partial charge in [-0.25, -0.2) is 13.8 Å². The maximum absolute atomic E-state index is 12.2. The molecule has 2 N–H and O–H groups in total. The maximum Gasteiger partial charge on any atom is 0.265 e. The first kappa shape index (κ1) is 9.91. The molecule has 0 aromatic carbocycles. The van der Waals surface area contributed by atoms with Crippen LogP contribution < -0.4 is 5.73 Å². The first-order chi connectivity index (χ1) is 5.52. The van der Waals surface area contributed by atoms with E-state index in [0.29, 0.717) is 0 Å². The summed E-state index contributed by atoms with van der Waals surface area (Å²) in [4.78, 5) is 3.62. The van der Waals surface area contributed by atoms with E-state index < -0.39 is 6.43 Å². The van der Waals surface area contributed by atoms with Gasteiger partial charge < -0.3 is 5.73 Å². The molecule has 1 aromatic rings. The molecule has 0 bridgehead atoms. The fourth-order valence-corrected chi connectivity index (χ4v) is 1.42. The third kappa shape index (κ3) is 1.95. The van der Waals surface area contributed by atoms with Crippen LogP contribution in [0.1, 0.15) is 12.0 Å². The Hall–Kier alpha value is -0.170. The molecule has 0 aliphatic carbocycles. The summed E-state index contributed by atoms with van der Waals surface area (Å²) in [6.45, 7) is 0. The van der Waals surface area contributed by atoms with Crippen molar-refractivity contribution in [1.29, 1.82) is 0 Å². The molecule has 12 heavy (non-hydrogen) atoms. The summed E-state index contributed by atoms with van der Waals surface area (Å²) in [5, 5.41) is -0.0109. The lowest BCUT2D eigenvalue weighted by Gasteiger charge is -2.05. The van der Waals surface area contributed by atoms with Crippen LogP contribution in [0.4, 0.5) is 14.6 Å². The van der Waals surface area contributed by atoms with E-state index in [4.69, 9.17) is 17.3 Å². The highest BCUT2D eigenvalue weighted by Crippen LogP contribution is 2.29. The van der Waals surface area contributed by atoms with Crippen molar-refractivity contribution in [3.05, 3.63) is 20.4 Å². The van der Waals surface area contributed by atoms with Crippen LogP contribution in [0.3, 0.4) is 0 Å². The van der Waals surface area contributed by atoms with Crippen LogP contribution >= 0.6 is 34.2 Å². The second-order valence-corrected chi connectivity index (χ2v) is 3.50. The lowest BCUT2D eigenvalue weighted by Crippen LogP contribution is -1.99. The van der Waals surface area contributed by atoms with Crippen molar-refractivity contribution in [3.63, 3.8) is 0 Å². The second-order valence-electron chi connectivity index (χ2n) is 2.03. The van der Waals surface area contributed by atoms with Gasteiger partial charge in [0.15, 0.2) is 0 Å². The minimum atomic E-state index is -2.57. The Labute approximate surface area is 86.3 Å². The van der Waals surface area contributed by atoms with E-state index in [9.17, 15) is 8.78 Å². The molecule has 1 aromatic heterocycles. The van der Waals surface area contributed by atoms with Crippen LogP contribution in [0.5, 0.6) is 0 Å². The Morgan fingerprint density at radius 1 is 1.58 bits per heavy atom. The van der Waals surface area contributed by atoms with Crippen molar-refractivity contribution in [2.45, 2.75) is 6.43 Å². The smallest absolute Gasteiger partial charge is 0.265 e. The van der Waals surface area contributed by atoms with E-state index in [1.807, 2.05) is 0 Å². The average molecular weight is 304 g/mol.